The van der Waals surface area contributed by atoms with Crippen molar-refractivity contribution in [1.29, 1.82) is 0 Å². The van der Waals surface area contributed by atoms with E-state index in [2.05, 4.69) is 0 Å². The van der Waals surface area contributed by atoms with Crippen molar-refractivity contribution in [3.05, 3.63) is 30.3 Å². The number of para-hydroxylation sites is 1. The lowest BCUT2D eigenvalue weighted by atomic mass is 9.81. The molecule has 0 spiro atoms. The van der Waals surface area contributed by atoms with Gasteiger partial charge in [-0.25, -0.2) is 0 Å². The van der Waals surface area contributed by atoms with E-state index in [0.717, 1.165) is 25.7 Å². The van der Waals surface area contributed by atoms with E-state index >= 15 is 0 Å². The Bertz CT molecular complexity index is 521. The molecule has 3 atom stereocenters. The molecule has 2 aliphatic rings. The minimum Gasteiger partial charge on any atom is -0.491 e. The fourth-order valence-corrected chi connectivity index (χ4v) is 3.38. The molecule has 0 unspecified atom stereocenters. The van der Waals surface area contributed by atoms with Gasteiger partial charge in [0.15, 0.2) is 0 Å². The molecule has 1 saturated carbocycles. The summed E-state index contributed by atoms with van der Waals surface area (Å²) in [5.41, 5.74) is 0. The summed E-state index contributed by atoms with van der Waals surface area (Å²) in [6, 6.07) is 9.17. The molecule has 0 radical (unpaired) electrons. The second-order valence-electron chi connectivity index (χ2n) is 6.06. The molecule has 1 aromatic rings. The Labute approximate surface area is 129 Å². The number of benzene rings is 1. The predicted molar refractivity (Wildman–Crippen MR) is 80.1 cm³/mol. The second-order valence-corrected chi connectivity index (χ2v) is 6.06. The van der Waals surface area contributed by atoms with E-state index in [1.54, 1.807) is 12.1 Å². The zero-order chi connectivity index (χ0) is 15.5. The Balaban J connectivity index is 1.56. The fourth-order valence-electron chi connectivity index (χ4n) is 3.38. The van der Waals surface area contributed by atoms with Crippen LogP contribution in [0.5, 0.6) is 5.75 Å². The van der Waals surface area contributed by atoms with Crippen LogP contribution in [0.25, 0.3) is 0 Å². The number of carbonyl (C=O) groups is 2. The Kier molecular flexibility index (Phi) is 4.43. The number of imide groups is 1. The van der Waals surface area contributed by atoms with E-state index in [1.807, 2.05) is 18.2 Å². The third-order valence-corrected chi connectivity index (χ3v) is 4.51. The maximum Gasteiger partial charge on any atom is 0.233 e. The SMILES string of the molecule is O=C1[C@@H]2CCCC[C@H]2C(=O)N1C[C@@H](O)COc1ccccc1. The zero-order valence-corrected chi connectivity index (χ0v) is 12.5. The summed E-state index contributed by atoms with van der Waals surface area (Å²) in [7, 11) is 0. The lowest BCUT2D eigenvalue weighted by molar-refractivity contribution is -0.141. The fraction of sp³-hybridized carbons (Fsp3) is 0.529. The molecule has 2 amide bonds. The molecule has 2 fully saturated rings. The van der Waals surface area contributed by atoms with Gasteiger partial charge in [-0.1, -0.05) is 31.0 Å². The van der Waals surface area contributed by atoms with Gasteiger partial charge in [0, 0.05) is 0 Å². The van der Waals surface area contributed by atoms with E-state index < -0.39 is 6.10 Å². The minimum absolute atomic E-state index is 0.0253. The molecular weight excluding hydrogens is 282 g/mol. The van der Waals surface area contributed by atoms with Crippen molar-refractivity contribution in [2.75, 3.05) is 13.2 Å². The average molecular weight is 303 g/mol. The third-order valence-electron chi connectivity index (χ3n) is 4.51. The predicted octanol–water partition coefficient (Wildman–Crippen LogP) is 1.60. The van der Waals surface area contributed by atoms with Gasteiger partial charge >= 0.3 is 0 Å². The first-order chi connectivity index (χ1) is 10.7. The number of amides is 2. The van der Waals surface area contributed by atoms with E-state index in [0.29, 0.717) is 5.75 Å². The van der Waals surface area contributed by atoms with Crippen LogP contribution in [-0.2, 0) is 9.59 Å². The monoisotopic (exact) mass is 303 g/mol. The first-order valence-corrected chi connectivity index (χ1v) is 7.88. The van der Waals surface area contributed by atoms with Gasteiger partial charge in [0.05, 0.1) is 18.4 Å². The molecule has 1 aromatic carbocycles. The largest absolute Gasteiger partial charge is 0.491 e. The topological polar surface area (TPSA) is 66.8 Å². The number of hydrogen-bond acceptors (Lipinski definition) is 4. The number of aliphatic hydroxyl groups excluding tert-OH is 1. The van der Waals surface area contributed by atoms with Crippen LogP contribution >= 0.6 is 0 Å². The van der Waals surface area contributed by atoms with E-state index in [9.17, 15) is 14.7 Å². The number of rotatable bonds is 5. The number of likely N-dealkylation sites (tertiary alicyclic amines) is 1. The van der Waals surface area contributed by atoms with E-state index in [4.69, 9.17) is 4.74 Å². The van der Waals surface area contributed by atoms with Gasteiger partial charge in [-0.2, -0.15) is 0 Å². The summed E-state index contributed by atoms with van der Waals surface area (Å²) < 4.78 is 5.47. The highest BCUT2D eigenvalue weighted by Crippen LogP contribution is 2.37. The number of aliphatic hydroxyl groups is 1. The molecule has 1 aliphatic heterocycles. The van der Waals surface area contributed by atoms with Gasteiger partial charge in [0.1, 0.15) is 18.5 Å². The number of ether oxygens (including phenoxy) is 1. The zero-order valence-electron chi connectivity index (χ0n) is 12.5. The van der Waals surface area contributed by atoms with Crippen LogP contribution in [0.3, 0.4) is 0 Å². The summed E-state index contributed by atoms with van der Waals surface area (Å²) in [5.74, 6) is 0.100. The van der Waals surface area contributed by atoms with Crippen molar-refractivity contribution < 1.29 is 19.4 Å². The number of nitrogens with zero attached hydrogens (tertiary/aromatic N) is 1. The molecule has 0 bridgehead atoms. The maximum atomic E-state index is 12.3. The standard InChI is InChI=1S/C17H21NO4/c19-12(11-22-13-6-2-1-3-7-13)10-18-16(20)14-8-4-5-9-15(14)17(18)21/h1-3,6-7,12,14-15,19H,4-5,8-11H2/t12-,14-,15-/m1/s1. The van der Waals surface area contributed by atoms with Gasteiger partial charge in [-0.15, -0.1) is 0 Å². The first-order valence-electron chi connectivity index (χ1n) is 7.88. The highest BCUT2D eigenvalue weighted by molar-refractivity contribution is 6.05. The van der Waals surface area contributed by atoms with Crippen LogP contribution in [0.2, 0.25) is 0 Å². The van der Waals surface area contributed by atoms with E-state index in [-0.39, 0.29) is 36.8 Å². The van der Waals surface area contributed by atoms with Gasteiger partial charge in [0.25, 0.3) is 0 Å². The van der Waals surface area contributed by atoms with Crippen molar-refractivity contribution in [2.45, 2.75) is 31.8 Å². The average Bonchev–Trinajstić information content (AvgIpc) is 2.79. The lowest BCUT2D eigenvalue weighted by Crippen LogP contribution is -2.40. The summed E-state index contributed by atoms with van der Waals surface area (Å²) in [6.45, 7) is 0.0912. The van der Waals surface area contributed by atoms with Crippen molar-refractivity contribution in [1.82, 2.24) is 4.90 Å². The number of β-amino-alcohol motifs (C(OH)–C–C–N with tert-alkyl or cyclic N) is 1. The van der Waals surface area contributed by atoms with Crippen LogP contribution in [0.4, 0.5) is 0 Å². The van der Waals surface area contributed by atoms with Crippen LogP contribution in [0, 0.1) is 11.8 Å². The normalized spacial score (nSPS) is 26.0. The smallest absolute Gasteiger partial charge is 0.233 e. The third kappa shape index (κ3) is 2.99. The van der Waals surface area contributed by atoms with Crippen LogP contribution in [0.15, 0.2) is 30.3 Å². The Morgan fingerprint density at radius 2 is 1.68 bits per heavy atom. The number of fused-ring (bicyclic) bond motifs is 1. The van der Waals surface area contributed by atoms with Crippen molar-refractivity contribution in [3.8, 4) is 5.75 Å². The number of hydrogen-bond donors (Lipinski definition) is 1. The molecule has 1 N–H and O–H groups in total. The molecule has 5 heteroatoms. The summed E-state index contributed by atoms with van der Waals surface area (Å²) >= 11 is 0. The van der Waals surface area contributed by atoms with Crippen LogP contribution in [-0.4, -0.2) is 41.1 Å². The molecule has 118 valence electrons. The highest BCUT2D eigenvalue weighted by atomic mass is 16.5. The quantitative estimate of drug-likeness (QED) is 0.839. The van der Waals surface area contributed by atoms with Gasteiger partial charge in [-0.05, 0) is 25.0 Å². The number of carbonyl (C=O) groups excluding carboxylic acids is 2. The summed E-state index contributed by atoms with van der Waals surface area (Å²) in [5, 5.41) is 10.1. The molecule has 5 nitrogen and oxygen atoms in total. The van der Waals surface area contributed by atoms with Gasteiger partial charge in [-0.3, -0.25) is 14.5 Å². The lowest BCUT2D eigenvalue weighted by Gasteiger charge is -2.19. The molecule has 1 heterocycles. The molecule has 0 aromatic heterocycles. The molecular formula is C17H21NO4. The first kappa shape index (κ1) is 15.0. The Hall–Kier alpha value is -1.88. The molecule has 3 rings (SSSR count). The second kappa shape index (κ2) is 6.48. The van der Waals surface area contributed by atoms with Gasteiger partial charge < -0.3 is 9.84 Å². The minimum atomic E-state index is -0.867. The molecule has 1 aliphatic carbocycles. The molecule has 1 saturated heterocycles. The van der Waals surface area contributed by atoms with Crippen LogP contribution < -0.4 is 4.74 Å². The Morgan fingerprint density at radius 3 is 2.27 bits per heavy atom. The van der Waals surface area contributed by atoms with Crippen molar-refractivity contribution >= 4 is 11.8 Å². The highest BCUT2D eigenvalue weighted by Gasteiger charge is 2.48. The summed E-state index contributed by atoms with van der Waals surface area (Å²) in [6.07, 6.45) is 2.74. The van der Waals surface area contributed by atoms with Crippen molar-refractivity contribution in [2.24, 2.45) is 11.8 Å². The van der Waals surface area contributed by atoms with Crippen LogP contribution in [0.1, 0.15) is 25.7 Å². The maximum absolute atomic E-state index is 12.3. The van der Waals surface area contributed by atoms with Crippen molar-refractivity contribution in [3.63, 3.8) is 0 Å². The molecule has 22 heavy (non-hydrogen) atoms. The van der Waals surface area contributed by atoms with E-state index in [1.165, 1.54) is 4.90 Å². The Morgan fingerprint density at radius 1 is 1.09 bits per heavy atom. The summed E-state index contributed by atoms with van der Waals surface area (Å²) in [4.78, 5) is 25.9. The van der Waals surface area contributed by atoms with Gasteiger partial charge in [0.2, 0.25) is 11.8 Å².